The van der Waals surface area contributed by atoms with Gasteiger partial charge in [-0.1, -0.05) is 12.1 Å². The van der Waals surface area contributed by atoms with Crippen molar-refractivity contribution >= 4 is 11.9 Å². The van der Waals surface area contributed by atoms with Gasteiger partial charge in [-0.3, -0.25) is 9.59 Å². The van der Waals surface area contributed by atoms with Crippen molar-refractivity contribution < 1.29 is 72.0 Å². The molecule has 0 aliphatic heterocycles. The van der Waals surface area contributed by atoms with E-state index in [4.69, 9.17) is 5.11 Å². The smallest absolute Gasteiger partial charge is 0.870 e. The van der Waals surface area contributed by atoms with Crippen LogP contribution in [0.15, 0.2) is 82.6 Å². The molecule has 0 saturated heterocycles. The van der Waals surface area contributed by atoms with Crippen LogP contribution in [0.5, 0.6) is 0 Å². The van der Waals surface area contributed by atoms with Gasteiger partial charge < -0.3 is 24.5 Å². The molecule has 0 radical (unpaired) electrons. The molecular weight excluding hydrogens is 563 g/mol. The van der Waals surface area contributed by atoms with E-state index in [0.717, 1.165) is 28.8 Å². The number of rotatable bonds is 6. The second kappa shape index (κ2) is 15.7. The average Bonchev–Trinajstić information content (AvgIpc) is 2.90. The van der Waals surface area contributed by atoms with Crippen molar-refractivity contribution in [1.82, 2.24) is 9.13 Å². The average molecular weight is 584 g/mol. The summed E-state index contributed by atoms with van der Waals surface area (Å²) in [5.41, 5.74) is -0.956. The maximum atomic E-state index is 13.1. The van der Waals surface area contributed by atoms with Crippen LogP contribution in [0, 0.1) is 23.3 Å². The van der Waals surface area contributed by atoms with Crippen molar-refractivity contribution in [3.05, 3.63) is 139 Å². The molecule has 2 N–H and O–H groups in total. The molecule has 2 heterocycles. The number of carbonyl (C=O) groups excluding carboxylic acids is 1. The minimum atomic E-state index is -1.33. The van der Waals surface area contributed by atoms with Gasteiger partial charge in [-0.25, -0.2) is 27.2 Å². The molecule has 210 valence electrons. The van der Waals surface area contributed by atoms with Crippen LogP contribution in [-0.2, 0) is 17.8 Å². The van der Waals surface area contributed by atoms with E-state index in [-0.39, 0.29) is 59.2 Å². The summed E-state index contributed by atoms with van der Waals surface area (Å²) in [5.74, 6) is -6.00. The molecule has 0 amide bonds. The molecule has 14 heteroatoms. The van der Waals surface area contributed by atoms with E-state index < -0.39 is 46.3 Å². The first-order chi connectivity index (χ1) is 18.5. The number of carbonyl (C=O) groups is 2. The van der Waals surface area contributed by atoms with Gasteiger partial charge in [0.05, 0.1) is 20.2 Å². The Labute approximate surface area is 251 Å². The zero-order valence-corrected chi connectivity index (χ0v) is 23.7. The SMILES string of the molecule is COC(=O)c1cccn(Cc2ccc(F)c(F)c2)c1=O.O=C(O)c1cccn(Cc2ccc(F)c(F)c2)c1=O.[Na+].[OH-]. The molecule has 0 unspecified atom stereocenters. The Morgan fingerprint density at radius 1 is 0.732 bits per heavy atom. The van der Waals surface area contributed by atoms with Gasteiger partial charge in [0.2, 0.25) is 0 Å². The van der Waals surface area contributed by atoms with Gasteiger partial charge in [0.25, 0.3) is 11.1 Å². The Morgan fingerprint density at radius 3 is 1.54 bits per heavy atom. The Bertz CT molecular complexity index is 1660. The van der Waals surface area contributed by atoms with Gasteiger partial charge in [0.15, 0.2) is 23.3 Å². The summed E-state index contributed by atoms with van der Waals surface area (Å²) in [6.45, 7) is -0.00196. The maximum absolute atomic E-state index is 13.1. The normalized spacial score (nSPS) is 9.88. The third-order valence-electron chi connectivity index (χ3n) is 5.35. The molecular formula is C27H21F4N2NaO7. The summed E-state index contributed by atoms with van der Waals surface area (Å²) in [5, 5.41) is 8.81. The fourth-order valence-electron chi connectivity index (χ4n) is 3.42. The van der Waals surface area contributed by atoms with Gasteiger partial charge in [-0.05, 0) is 59.7 Å². The van der Waals surface area contributed by atoms with Gasteiger partial charge in [-0.2, -0.15) is 0 Å². The topological polar surface area (TPSA) is 138 Å². The third-order valence-corrected chi connectivity index (χ3v) is 5.35. The van der Waals surface area contributed by atoms with Crippen LogP contribution < -0.4 is 40.7 Å². The largest absolute Gasteiger partial charge is 1.00 e. The summed E-state index contributed by atoms with van der Waals surface area (Å²) in [7, 11) is 1.18. The number of halogens is 4. The van der Waals surface area contributed by atoms with Crippen LogP contribution in [0.2, 0.25) is 0 Å². The van der Waals surface area contributed by atoms with Crippen LogP contribution in [0.1, 0.15) is 31.8 Å². The molecule has 41 heavy (non-hydrogen) atoms. The fraction of sp³-hybridized carbons (Fsp3) is 0.111. The van der Waals surface area contributed by atoms with E-state index in [1.54, 1.807) is 0 Å². The number of ether oxygens (including phenoxy) is 1. The van der Waals surface area contributed by atoms with Crippen molar-refractivity contribution in [2.75, 3.05) is 7.11 Å². The van der Waals surface area contributed by atoms with Crippen LogP contribution in [0.3, 0.4) is 0 Å². The van der Waals surface area contributed by atoms with E-state index >= 15 is 0 Å². The molecule has 9 nitrogen and oxygen atoms in total. The summed E-state index contributed by atoms with van der Waals surface area (Å²) in [6.07, 6.45) is 2.84. The number of hydrogen-bond donors (Lipinski definition) is 1. The predicted molar refractivity (Wildman–Crippen MR) is 133 cm³/mol. The van der Waals surface area contributed by atoms with E-state index in [9.17, 15) is 36.7 Å². The van der Waals surface area contributed by atoms with E-state index in [2.05, 4.69) is 4.74 Å². The minimum Gasteiger partial charge on any atom is -0.870 e. The quantitative estimate of drug-likeness (QED) is 0.200. The Hall–Kier alpha value is -4.04. The molecule has 0 aliphatic carbocycles. The monoisotopic (exact) mass is 584 g/mol. The molecule has 0 aliphatic rings. The number of nitrogens with zero attached hydrogens (tertiary/aromatic N) is 2. The minimum absolute atomic E-state index is 0. The number of methoxy groups -OCH3 is 1. The predicted octanol–water partition coefficient (Wildman–Crippen LogP) is 0.662. The van der Waals surface area contributed by atoms with Gasteiger partial charge >= 0.3 is 41.5 Å². The number of benzene rings is 2. The van der Waals surface area contributed by atoms with Gasteiger partial charge in [-0.15, -0.1) is 0 Å². The number of aromatic nitrogens is 2. The molecule has 0 fully saturated rings. The van der Waals surface area contributed by atoms with Crippen molar-refractivity contribution in [2.45, 2.75) is 13.1 Å². The number of esters is 1. The summed E-state index contributed by atoms with van der Waals surface area (Å²) >= 11 is 0. The summed E-state index contributed by atoms with van der Waals surface area (Å²) < 4.78 is 58.6. The summed E-state index contributed by atoms with van der Waals surface area (Å²) in [4.78, 5) is 46.0. The first-order valence-corrected chi connectivity index (χ1v) is 11.1. The molecule has 2 aromatic carbocycles. The van der Waals surface area contributed by atoms with Crippen LogP contribution in [-0.4, -0.2) is 38.8 Å². The Morgan fingerprint density at radius 2 is 1.15 bits per heavy atom. The van der Waals surface area contributed by atoms with Crippen LogP contribution >= 0.6 is 0 Å². The van der Waals surface area contributed by atoms with Crippen molar-refractivity contribution in [1.29, 1.82) is 0 Å². The number of aromatic carboxylic acids is 1. The number of carboxylic acid groups (broad SMARTS) is 1. The molecule has 4 rings (SSSR count). The van der Waals surface area contributed by atoms with Crippen LogP contribution in [0.25, 0.3) is 0 Å². The molecule has 4 aromatic rings. The molecule has 0 spiro atoms. The second-order valence-corrected chi connectivity index (χ2v) is 8.00. The van der Waals surface area contributed by atoms with Crippen molar-refractivity contribution in [3.63, 3.8) is 0 Å². The van der Waals surface area contributed by atoms with E-state index in [0.29, 0.717) is 11.1 Å². The fourth-order valence-corrected chi connectivity index (χ4v) is 3.42. The first-order valence-electron chi connectivity index (χ1n) is 11.1. The van der Waals surface area contributed by atoms with E-state index in [1.165, 1.54) is 60.5 Å². The molecule has 0 saturated carbocycles. The molecule has 0 bridgehead atoms. The number of hydrogen-bond acceptors (Lipinski definition) is 6. The van der Waals surface area contributed by atoms with Crippen molar-refractivity contribution in [2.24, 2.45) is 0 Å². The third kappa shape index (κ3) is 8.98. The molecule has 0 atom stereocenters. The second-order valence-electron chi connectivity index (χ2n) is 8.00. The Kier molecular flexibility index (Phi) is 13.4. The van der Waals surface area contributed by atoms with Crippen LogP contribution in [0.4, 0.5) is 17.6 Å². The van der Waals surface area contributed by atoms with E-state index in [1.807, 2.05) is 0 Å². The number of carboxylic acids is 1. The Balaban J connectivity index is 0.000000391. The summed E-state index contributed by atoms with van der Waals surface area (Å²) in [6, 6.07) is 12.1. The van der Waals surface area contributed by atoms with Gasteiger partial charge in [0.1, 0.15) is 11.1 Å². The first kappa shape index (κ1) is 35.0. The van der Waals surface area contributed by atoms with Crippen molar-refractivity contribution in [3.8, 4) is 0 Å². The maximum Gasteiger partial charge on any atom is 1.00 e. The van der Waals surface area contributed by atoms with Gasteiger partial charge in [0, 0.05) is 12.4 Å². The zero-order valence-electron chi connectivity index (χ0n) is 21.7. The number of pyridine rings is 2. The standard InChI is InChI=1S/C14H11F2NO3.C13H9F2NO3.Na.H2O/c1-20-14(19)10-3-2-6-17(13(10)18)8-9-4-5-11(15)12(16)7-9;14-10-4-3-8(6-11(10)15)7-16-5-1-2-9(12(16)17)13(18)19;;/h2-7H,8H2,1H3;1-6H,7H2,(H,18,19);;1H2/q;;+1;/p-1. The molecule has 2 aromatic heterocycles. The zero-order chi connectivity index (χ0) is 28.7.